The molecule has 0 aliphatic rings. The van der Waals surface area contributed by atoms with E-state index in [2.05, 4.69) is 10.2 Å². The summed E-state index contributed by atoms with van der Waals surface area (Å²) in [4.78, 5) is 10.3. The molecular weight excluding hydrogens is 224 g/mol. The fourth-order valence-corrected chi connectivity index (χ4v) is 1.24. The maximum Gasteiger partial charge on any atom is 0.303 e. The number of aryl methyl sites for hydroxylation is 1. The number of aromatic nitrogens is 2. The van der Waals surface area contributed by atoms with Gasteiger partial charge in [0.1, 0.15) is 5.60 Å². The first kappa shape index (κ1) is 13.6. The normalized spacial score (nSPS) is 11.7. The number of aliphatic carboxylic acids is 1. The van der Waals surface area contributed by atoms with E-state index in [1.54, 1.807) is 7.11 Å². The lowest BCUT2D eigenvalue weighted by molar-refractivity contribution is -0.137. The molecule has 0 aromatic carbocycles. The summed E-state index contributed by atoms with van der Waals surface area (Å²) < 4.78 is 10.7. The number of nitrogens with zero attached hydrogens (tertiary/aromatic N) is 2. The van der Waals surface area contributed by atoms with Crippen LogP contribution in [0.5, 0.6) is 0 Å². The van der Waals surface area contributed by atoms with Crippen LogP contribution in [-0.4, -0.2) is 28.4 Å². The number of ether oxygens (including phenoxy) is 1. The molecule has 1 aromatic heterocycles. The molecule has 0 saturated heterocycles. The zero-order chi connectivity index (χ0) is 12.9. The van der Waals surface area contributed by atoms with Crippen LogP contribution in [0, 0.1) is 0 Å². The van der Waals surface area contributed by atoms with Crippen LogP contribution in [0.15, 0.2) is 4.42 Å². The van der Waals surface area contributed by atoms with Gasteiger partial charge < -0.3 is 14.3 Å². The average molecular weight is 242 g/mol. The van der Waals surface area contributed by atoms with E-state index in [0.717, 1.165) is 6.42 Å². The van der Waals surface area contributed by atoms with Gasteiger partial charge >= 0.3 is 5.97 Å². The van der Waals surface area contributed by atoms with Gasteiger partial charge in [0.2, 0.25) is 11.8 Å². The maximum absolute atomic E-state index is 10.3. The van der Waals surface area contributed by atoms with Crippen LogP contribution in [0.3, 0.4) is 0 Å². The third-order valence-corrected chi connectivity index (χ3v) is 2.52. The standard InChI is InChI=1S/C11H18N2O4/c1-11(2,16-3)10-13-12-8(17-10)6-4-5-7-9(14)15/h4-7H2,1-3H3,(H,14,15). The predicted molar refractivity (Wildman–Crippen MR) is 59.5 cm³/mol. The molecule has 0 aliphatic carbocycles. The molecule has 0 spiro atoms. The van der Waals surface area contributed by atoms with Crippen molar-refractivity contribution < 1.29 is 19.1 Å². The lowest BCUT2D eigenvalue weighted by atomic mass is 10.1. The Morgan fingerprint density at radius 1 is 1.41 bits per heavy atom. The quantitative estimate of drug-likeness (QED) is 0.733. The number of hydrogen-bond acceptors (Lipinski definition) is 5. The van der Waals surface area contributed by atoms with Gasteiger partial charge in [0.25, 0.3) is 0 Å². The minimum absolute atomic E-state index is 0.171. The largest absolute Gasteiger partial charge is 0.481 e. The van der Waals surface area contributed by atoms with Gasteiger partial charge in [-0.1, -0.05) is 0 Å². The Hall–Kier alpha value is -1.43. The van der Waals surface area contributed by atoms with Gasteiger partial charge in [0.15, 0.2) is 0 Å². The maximum atomic E-state index is 10.3. The second-order valence-electron chi connectivity index (χ2n) is 4.32. The van der Waals surface area contributed by atoms with Gasteiger partial charge in [0, 0.05) is 20.0 Å². The number of unbranched alkanes of at least 4 members (excludes halogenated alkanes) is 1. The summed E-state index contributed by atoms with van der Waals surface area (Å²) in [7, 11) is 1.58. The molecule has 1 N–H and O–H groups in total. The van der Waals surface area contributed by atoms with Crippen molar-refractivity contribution >= 4 is 5.97 Å². The summed E-state index contributed by atoms with van der Waals surface area (Å²) in [6.45, 7) is 3.68. The highest BCUT2D eigenvalue weighted by Crippen LogP contribution is 2.22. The first-order valence-corrected chi connectivity index (χ1v) is 5.55. The third-order valence-electron chi connectivity index (χ3n) is 2.52. The van der Waals surface area contributed by atoms with Crippen molar-refractivity contribution in [1.82, 2.24) is 10.2 Å². The zero-order valence-corrected chi connectivity index (χ0v) is 10.4. The Morgan fingerprint density at radius 3 is 2.71 bits per heavy atom. The molecule has 1 heterocycles. The molecule has 0 saturated carbocycles. The first-order chi connectivity index (χ1) is 7.95. The van der Waals surface area contributed by atoms with Crippen LogP contribution < -0.4 is 0 Å². The number of carboxylic acid groups (broad SMARTS) is 1. The molecule has 0 unspecified atom stereocenters. The van der Waals surface area contributed by atoms with Gasteiger partial charge in [-0.05, 0) is 26.7 Å². The van der Waals surface area contributed by atoms with Gasteiger partial charge in [-0.15, -0.1) is 10.2 Å². The number of carboxylic acids is 1. The predicted octanol–water partition coefficient (Wildman–Crippen LogP) is 1.75. The van der Waals surface area contributed by atoms with E-state index >= 15 is 0 Å². The van der Waals surface area contributed by atoms with Crippen molar-refractivity contribution in [2.75, 3.05) is 7.11 Å². The Labute approximate surface area is 100.0 Å². The van der Waals surface area contributed by atoms with Gasteiger partial charge in [0.05, 0.1) is 0 Å². The Morgan fingerprint density at radius 2 is 2.12 bits per heavy atom. The summed E-state index contributed by atoms with van der Waals surface area (Å²) in [6.07, 6.45) is 2.10. The zero-order valence-electron chi connectivity index (χ0n) is 10.4. The fourth-order valence-electron chi connectivity index (χ4n) is 1.24. The smallest absolute Gasteiger partial charge is 0.303 e. The van der Waals surface area contributed by atoms with E-state index < -0.39 is 11.6 Å². The highest BCUT2D eigenvalue weighted by Gasteiger charge is 2.26. The van der Waals surface area contributed by atoms with Crippen molar-refractivity contribution in [3.8, 4) is 0 Å². The SMILES string of the molecule is COC(C)(C)c1nnc(CCCCC(=O)O)o1. The summed E-state index contributed by atoms with van der Waals surface area (Å²) in [5.41, 5.74) is -0.591. The minimum Gasteiger partial charge on any atom is -0.481 e. The van der Waals surface area contributed by atoms with E-state index in [9.17, 15) is 4.79 Å². The second kappa shape index (κ2) is 5.77. The topological polar surface area (TPSA) is 85.5 Å². The van der Waals surface area contributed by atoms with Crippen LogP contribution in [0.1, 0.15) is 44.9 Å². The van der Waals surface area contributed by atoms with Crippen LogP contribution in [0.4, 0.5) is 0 Å². The summed E-state index contributed by atoms with van der Waals surface area (Å²) in [5, 5.41) is 16.3. The van der Waals surface area contributed by atoms with Crippen LogP contribution >= 0.6 is 0 Å². The van der Waals surface area contributed by atoms with Gasteiger partial charge in [-0.25, -0.2) is 0 Å². The van der Waals surface area contributed by atoms with Crippen molar-refractivity contribution in [3.63, 3.8) is 0 Å². The summed E-state index contributed by atoms with van der Waals surface area (Å²) in [5.74, 6) is 0.181. The lowest BCUT2D eigenvalue weighted by Gasteiger charge is -2.17. The molecule has 0 fully saturated rings. The monoisotopic (exact) mass is 242 g/mol. The number of rotatable bonds is 7. The van der Waals surface area contributed by atoms with Crippen molar-refractivity contribution in [2.45, 2.75) is 45.1 Å². The molecule has 17 heavy (non-hydrogen) atoms. The summed E-state index contributed by atoms with van der Waals surface area (Å²) >= 11 is 0. The number of hydrogen-bond donors (Lipinski definition) is 1. The van der Waals surface area contributed by atoms with Gasteiger partial charge in [-0.3, -0.25) is 4.79 Å². The summed E-state index contributed by atoms with van der Waals surface area (Å²) in [6, 6.07) is 0. The van der Waals surface area contributed by atoms with E-state index in [0.29, 0.717) is 24.6 Å². The number of methoxy groups -OCH3 is 1. The molecule has 0 bridgehead atoms. The molecule has 1 rings (SSSR count). The Balaban J connectivity index is 2.44. The van der Waals surface area contributed by atoms with E-state index in [1.165, 1.54) is 0 Å². The fraction of sp³-hybridized carbons (Fsp3) is 0.727. The van der Waals surface area contributed by atoms with Crippen molar-refractivity contribution in [2.24, 2.45) is 0 Å². The van der Waals surface area contributed by atoms with E-state index in [-0.39, 0.29) is 6.42 Å². The molecule has 0 radical (unpaired) electrons. The van der Waals surface area contributed by atoms with Gasteiger partial charge in [-0.2, -0.15) is 0 Å². The van der Waals surface area contributed by atoms with Crippen molar-refractivity contribution in [1.29, 1.82) is 0 Å². The molecule has 0 atom stereocenters. The highest BCUT2D eigenvalue weighted by molar-refractivity contribution is 5.66. The molecule has 0 aliphatic heterocycles. The third kappa shape index (κ3) is 4.14. The molecule has 1 aromatic rings. The van der Waals surface area contributed by atoms with Crippen LogP contribution in [-0.2, 0) is 21.6 Å². The van der Waals surface area contributed by atoms with Crippen molar-refractivity contribution in [3.05, 3.63) is 11.8 Å². The molecule has 0 amide bonds. The highest BCUT2D eigenvalue weighted by atomic mass is 16.5. The number of carbonyl (C=O) groups is 1. The lowest BCUT2D eigenvalue weighted by Crippen LogP contribution is -2.19. The molecule has 96 valence electrons. The van der Waals surface area contributed by atoms with Crippen LogP contribution in [0.2, 0.25) is 0 Å². The second-order valence-corrected chi connectivity index (χ2v) is 4.32. The average Bonchev–Trinajstić information content (AvgIpc) is 2.73. The Kier molecular flexibility index (Phi) is 4.62. The first-order valence-electron chi connectivity index (χ1n) is 5.55. The Bertz CT molecular complexity index is 373. The molecular formula is C11H18N2O4. The molecule has 6 nitrogen and oxygen atoms in total. The van der Waals surface area contributed by atoms with E-state index in [4.69, 9.17) is 14.3 Å². The minimum atomic E-state index is -0.781. The molecule has 6 heteroatoms. The van der Waals surface area contributed by atoms with E-state index in [1.807, 2.05) is 13.8 Å². The van der Waals surface area contributed by atoms with Crippen LogP contribution in [0.25, 0.3) is 0 Å².